The van der Waals surface area contributed by atoms with E-state index in [1.165, 1.54) is 0 Å². The van der Waals surface area contributed by atoms with E-state index < -0.39 is 5.41 Å². The zero-order valence-corrected chi connectivity index (χ0v) is 11.3. The van der Waals surface area contributed by atoms with Crippen molar-refractivity contribution in [3.63, 3.8) is 0 Å². The number of methoxy groups -OCH3 is 1. The second-order valence-electron chi connectivity index (χ2n) is 4.51. The summed E-state index contributed by atoms with van der Waals surface area (Å²) in [4.78, 5) is 14.3. The van der Waals surface area contributed by atoms with E-state index in [1.807, 2.05) is 24.3 Å². The molecule has 1 aromatic rings. The predicted octanol–water partition coefficient (Wildman–Crippen LogP) is 1.72. The van der Waals surface area contributed by atoms with Crippen molar-refractivity contribution in [2.75, 3.05) is 19.1 Å². The molecule has 0 atom stereocenters. The molecule has 1 saturated carbocycles. The van der Waals surface area contributed by atoms with E-state index in [0.29, 0.717) is 4.99 Å². The minimum atomic E-state index is -0.607. The van der Waals surface area contributed by atoms with Crippen molar-refractivity contribution >= 4 is 28.8 Å². The standard InChI is InChI=1S/C13H16N2O2S/c1-15(9-3-5-10(17-2)6-4-9)12(16)13(7-8-13)11(14)18/h3-6H,7-8H2,1-2H3,(H2,14,18). The number of hydrogen-bond donors (Lipinski definition) is 1. The second-order valence-corrected chi connectivity index (χ2v) is 4.95. The maximum atomic E-state index is 12.4. The molecule has 2 N–H and O–H groups in total. The normalized spacial score (nSPS) is 15.9. The fourth-order valence-corrected chi connectivity index (χ4v) is 2.23. The number of rotatable bonds is 4. The Morgan fingerprint density at radius 3 is 2.33 bits per heavy atom. The molecule has 96 valence electrons. The summed E-state index contributed by atoms with van der Waals surface area (Å²) in [6.07, 6.45) is 1.50. The molecule has 1 aromatic carbocycles. The Kier molecular flexibility index (Phi) is 3.26. The molecule has 0 saturated heterocycles. The topological polar surface area (TPSA) is 55.6 Å². The van der Waals surface area contributed by atoms with Crippen LogP contribution < -0.4 is 15.4 Å². The summed E-state index contributed by atoms with van der Waals surface area (Å²) in [6, 6.07) is 7.32. The maximum absolute atomic E-state index is 12.4. The third-order valence-corrected chi connectivity index (χ3v) is 3.79. The molecule has 0 bridgehead atoms. The lowest BCUT2D eigenvalue weighted by atomic mass is 10.1. The fraction of sp³-hybridized carbons (Fsp3) is 0.385. The quantitative estimate of drug-likeness (QED) is 0.841. The third-order valence-electron chi connectivity index (χ3n) is 3.40. The van der Waals surface area contributed by atoms with Gasteiger partial charge in [-0.25, -0.2) is 0 Å². The lowest BCUT2D eigenvalue weighted by molar-refractivity contribution is -0.121. The highest BCUT2D eigenvalue weighted by Crippen LogP contribution is 2.47. The minimum Gasteiger partial charge on any atom is -0.497 e. The number of anilines is 1. The number of nitrogens with two attached hydrogens (primary N) is 1. The summed E-state index contributed by atoms with van der Waals surface area (Å²) in [5, 5.41) is 0. The summed E-state index contributed by atoms with van der Waals surface area (Å²) in [6.45, 7) is 0. The van der Waals surface area contributed by atoms with Crippen molar-refractivity contribution in [2.24, 2.45) is 11.1 Å². The molecule has 4 nitrogen and oxygen atoms in total. The first-order chi connectivity index (χ1) is 8.51. The molecule has 0 unspecified atom stereocenters. The molecule has 1 amide bonds. The summed E-state index contributed by atoms with van der Waals surface area (Å²) in [5.74, 6) is 0.732. The van der Waals surface area contributed by atoms with Gasteiger partial charge in [-0.2, -0.15) is 0 Å². The number of ether oxygens (including phenoxy) is 1. The number of carbonyl (C=O) groups is 1. The lowest BCUT2D eigenvalue weighted by Crippen LogP contribution is -2.40. The van der Waals surface area contributed by atoms with E-state index in [2.05, 4.69) is 0 Å². The molecule has 1 aliphatic carbocycles. The van der Waals surface area contributed by atoms with E-state index in [0.717, 1.165) is 24.3 Å². The number of carbonyl (C=O) groups excluding carboxylic acids is 1. The van der Waals surface area contributed by atoms with Crippen molar-refractivity contribution in [1.82, 2.24) is 0 Å². The average Bonchev–Trinajstić information content (AvgIpc) is 3.18. The summed E-state index contributed by atoms with van der Waals surface area (Å²) >= 11 is 4.99. The smallest absolute Gasteiger partial charge is 0.239 e. The first-order valence-electron chi connectivity index (χ1n) is 5.73. The fourth-order valence-electron chi connectivity index (χ4n) is 1.93. The van der Waals surface area contributed by atoms with E-state index in [1.54, 1.807) is 19.1 Å². The summed E-state index contributed by atoms with van der Waals surface area (Å²) in [7, 11) is 3.35. The SMILES string of the molecule is COc1ccc(N(C)C(=O)C2(C(N)=S)CC2)cc1. The highest BCUT2D eigenvalue weighted by Gasteiger charge is 2.54. The van der Waals surface area contributed by atoms with Crippen molar-refractivity contribution in [1.29, 1.82) is 0 Å². The van der Waals surface area contributed by atoms with Crippen LogP contribution in [-0.4, -0.2) is 25.1 Å². The molecule has 0 spiro atoms. The lowest BCUT2D eigenvalue weighted by Gasteiger charge is -2.23. The molecule has 1 aliphatic rings. The van der Waals surface area contributed by atoms with E-state index in [9.17, 15) is 4.79 Å². The molecule has 18 heavy (non-hydrogen) atoms. The van der Waals surface area contributed by atoms with Crippen LogP contribution in [-0.2, 0) is 4.79 Å². The number of amides is 1. The monoisotopic (exact) mass is 264 g/mol. The van der Waals surface area contributed by atoms with Crippen molar-refractivity contribution < 1.29 is 9.53 Å². The van der Waals surface area contributed by atoms with Crippen LogP contribution in [0.2, 0.25) is 0 Å². The van der Waals surface area contributed by atoms with Crippen LogP contribution in [0.4, 0.5) is 5.69 Å². The Hall–Kier alpha value is -1.62. The average molecular weight is 264 g/mol. The molecule has 0 heterocycles. The van der Waals surface area contributed by atoms with Crippen LogP contribution in [0.5, 0.6) is 5.75 Å². The largest absolute Gasteiger partial charge is 0.497 e. The van der Waals surface area contributed by atoms with Gasteiger partial charge >= 0.3 is 0 Å². The minimum absolute atomic E-state index is 0.0276. The molecule has 5 heteroatoms. The highest BCUT2D eigenvalue weighted by atomic mass is 32.1. The van der Waals surface area contributed by atoms with Gasteiger partial charge in [-0.05, 0) is 37.1 Å². The number of thiocarbonyl (C=S) groups is 1. The predicted molar refractivity (Wildman–Crippen MR) is 74.9 cm³/mol. The Balaban J connectivity index is 2.18. The summed E-state index contributed by atoms with van der Waals surface area (Å²) in [5.41, 5.74) is 5.86. The molecule has 0 radical (unpaired) electrons. The van der Waals surface area contributed by atoms with Gasteiger partial charge in [0.05, 0.1) is 17.5 Å². The highest BCUT2D eigenvalue weighted by molar-refractivity contribution is 7.80. The Bertz CT molecular complexity index is 480. The van der Waals surface area contributed by atoms with Crippen LogP contribution in [0, 0.1) is 5.41 Å². The van der Waals surface area contributed by atoms with Crippen LogP contribution in [0.1, 0.15) is 12.8 Å². The molecule has 0 aromatic heterocycles. The summed E-state index contributed by atoms with van der Waals surface area (Å²) < 4.78 is 5.08. The van der Waals surface area contributed by atoms with Gasteiger partial charge in [-0.3, -0.25) is 4.79 Å². The zero-order chi connectivity index (χ0) is 13.3. The Labute approximate surface area is 112 Å². The van der Waals surface area contributed by atoms with Gasteiger partial charge in [0, 0.05) is 12.7 Å². The van der Waals surface area contributed by atoms with Crippen molar-refractivity contribution in [3.8, 4) is 5.75 Å². The molecule has 1 fully saturated rings. The number of benzene rings is 1. The first-order valence-corrected chi connectivity index (χ1v) is 6.14. The van der Waals surface area contributed by atoms with Crippen LogP contribution in [0.25, 0.3) is 0 Å². The molecule has 2 rings (SSSR count). The van der Waals surface area contributed by atoms with Gasteiger partial charge in [0.1, 0.15) is 5.75 Å². The van der Waals surface area contributed by atoms with Crippen molar-refractivity contribution in [2.45, 2.75) is 12.8 Å². The molecular formula is C13H16N2O2S. The first kappa shape index (κ1) is 12.8. The van der Waals surface area contributed by atoms with Crippen LogP contribution in [0.15, 0.2) is 24.3 Å². The third kappa shape index (κ3) is 2.06. The number of hydrogen-bond acceptors (Lipinski definition) is 3. The zero-order valence-electron chi connectivity index (χ0n) is 10.5. The Morgan fingerprint density at radius 2 is 1.94 bits per heavy atom. The number of nitrogens with zero attached hydrogens (tertiary/aromatic N) is 1. The van der Waals surface area contributed by atoms with E-state index in [-0.39, 0.29) is 5.91 Å². The van der Waals surface area contributed by atoms with E-state index in [4.69, 9.17) is 22.7 Å². The Morgan fingerprint density at radius 1 is 1.39 bits per heavy atom. The second kappa shape index (κ2) is 4.57. The van der Waals surface area contributed by atoms with Gasteiger partial charge in [0.25, 0.3) is 0 Å². The molecular weight excluding hydrogens is 248 g/mol. The van der Waals surface area contributed by atoms with E-state index >= 15 is 0 Å². The van der Waals surface area contributed by atoms with Crippen LogP contribution in [0.3, 0.4) is 0 Å². The molecule has 0 aliphatic heterocycles. The van der Waals surface area contributed by atoms with Gasteiger partial charge in [0.15, 0.2) is 0 Å². The van der Waals surface area contributed by atoms with Gasteiger partial charge < -0.3 is 15.4 Å². The maximum Gasteiger partial charge on any atom is 0.239 e. The van der Waals surface area contributed by atoms with Gasteiger partial charge in [-0.15, -0.1) is 0 Å². The van der Waals surface area contributed by atoms with Crippen LogP contribution >= 0.6 is 12.2 Å². The van der Waals surface area contributed by atoms with Gasteiger partial charge in [-0.1, -0.05) is 12.2 Å². The van der Waals surface area contributed by atoms with Crippen molar-refractivity contribution in [3.05, 3.63) is 24.3 Å². The van der Waals surface area contributed by atoms with Gasteiger partial charge in [0.2, 0.25) is 5.91 Å².